The molecule has 16 heavy (non-hydrogen) atoms. The highest BCUT2D eigenvalue weighted by molar-refractivity contribution is 6.31. The van der Waals surface area contributed by atoms with Crippen LogP contribution in [-0.4, -0.2) is 11.5 Å². The number of aliphatic hydroxyl groups is 1. The van der Waals surface area contributed by atoms with E-state index in [0.717, 1.165) is 12.1 Å². The molecule has 7 heteroatoms. The molecule has 0 saturated heterocycles. The fraction of sp³-hybridized carbons (Fsp3) is 0.333. The molecule has 0 bridgehead atoms. The maximum atomic E-state index is 12.4. The second-order valence-corrected chi connectivity index (χ2v) is 3.39. The van der Waals surface area contributed by atoms with E-state index in [1.54, 1.807) is 0 Å². The smallest absolute Gasteiger partial charge is 0.382 e. The minimum Gasteiger partial charge on any atom is -0.382 e. The molecular formula is C9H6ClF5O. The van der Waals surface area contributed by atoms with Crippen LogP contribution in [0.3, 0.4) is 0 Å². The molecule has 0 heterocycles. The van der Waals surface area contributed by atoms with Gasteiger partial charge in [-0.15, -0.1) is 0 Å². The van der Waals surface area contributed by atoms with Gasteiger partial charge in [-0.1, -0.05) is 17.7 Å². The van der Waals surface area contributed by atoms with Crippen molar-refractivity contribution in [2.24, 2.45) is 0 Å². The van der Waals surface area contributed by atoms with Crippen molar-refractivity contribution in [3.05, 3.63) is 34.3 Å². The molecule has 0 saturated carbocycles. The molecule has 0 aliphatic carbocycles. The third-order valence-corrected chi connectivity index (χ3v) is 2.22. The molecule has 0 aliphatic heterocycles. The predicted molar refractivity (Wildman–Crippen MR) is 47.4 cm³/mol. The van der Waals surface area contributed by atoms with Crippen molar-refractivity contribution < 1.29 is 27.1 Å². The van der Waals surface area contributed by atoms with E-state index in [1.165, 1.54) is 0 Å². The number of hydrogen-bond acceptors (Lipinski definition) is 1. The summed E-state index contributed by atoms with van der Waals surface area (Å²) in [6.07, 6.45) is -10.7. The summed E-state index contributed by atoms with van der Waals surface area (Å²) >= 11 is 5.38. The van der Waals surface area contributed by atoms with Crippen molar-refractivity contribution >= 4 is 11.6 Å². The zero-order valence-corrected chi connectivity index (χ0v) is 8.36. The molecule has 1 aromatic rings. The maximum absolute atomic E-state index is 12.4. The quantitative estimate of drug-likeness (QED) is 0.805. The van der Waals surface area contributed by atoms with Crippen molar-refractivity contribution in [3.63, 3.8) is 0 Å². The second kappa shape index (κ2) is 4.55. The molecule has 0 fully saturated rings. The number of hydrogen-bond donors (Lipinski definition) is 1. The summed E-state index contributed by atoms with van der Waals surface area (Å²) in [5, 5.41) is 8.45. The lowest BCUT2D eigenvalue weighted by Gasteiger charge is -2.18. The molecule has 1 N–H and O–H groups in total. The van der Waals surface area contributed by atoms with Crippen molar-refractivity contribution in [2.75, 3.05) is 0 Å². The molecule has 0 radical (unpaired) electrons. The maximum Gasteiger partial charge on any atom is 0.416 e. The SMILES string of the molecule is OC(c1c(Cl)cccc1C(F)(F)F)C(F)F. The van der Waals surface area contributed by atoms with Crippen LogP contribution >= 0.6 is 11.6 Å². The average molecular weight is 261 g/mol. The second-order valence-electron chi connectivity index (χ2n) is 2.98. The molecule has 0 aromatic heterocycles. The fourth-order valence-electron chi connectivity index (χ4n) is 1.21. The van der Waals surface area contributed by atoms with Gasteiger partial charge in [-0.2, -0.15) is 13.2 Å². The van der Waals surface area contributed by atoms with Crippen LogP contribution in [0.15, 0.2) is 18.2 Å². The highest BCUT2D eigenvalue weighted by Crippen LogP contribution is 2.39. The number of halogens is 6. The Morgan fingerprint density at radius 1 is 1.19 bits per heavy atom. The molecule has 0 amide bonds. The largest absolute Gasteiger partial charge is 0.416 e. The van der Waals surface area contributed by atoms with Crippen LogP contribution in [0, 0.1) is 0 Å². The Morgan fingerprint density at radius 2 is 1.75 bits per heavy atom. The van der Waals surface area contributed by atoms with Crippen LogP contribution in [0.1, 0.15) is 17.2 Å². The zero-order valence-electron chi connectivity index (χ0n) is 7.60. The number of alkyl halides is 5. The van der Waals surface area contributed by atoms with Crippen molar-refractivity contribution in [3.8, 4) is 0 Å². The fourth-order valence-corrected chi connectivity index (χ4v) is 1.50. The van der Waals surface area contributed by atoms with Gasteiger partial charge >= 0.3 is 6.18 Å². The first-order valence-electron chi connectivity index (χ1n) is 4.07. The standard InChI is InChI=1S/C9H6ClF5O/c10-5-3-1-2-4(9(13,14)15)6(5)7(16)8(11)12/h1-3,7-8,16H. The zero-order chi connectivity index (χ0) is 12.5. The van der Waals surface area contributed by atoms with Crippen LogP contribution < -0.4 is 0 Å². The first-order chi connectivity index (χ1) is 7.25. The van der Waals surface area contributed by atoms with Crippen LogP contribution in [-0.2, 0) is 6.18 Å². The third-order valence-electron chi connectivity index (χ3n) is 1.89. The van der Waals surface area contributed by atoms with Gasteiger partial charge in [-0.05, 0) is 12.1 Å². The van der Waals surface area contributed by atoms with Gasteiger partial charge in [-0.3, -0.25) is 0 Å². The Hall–Kier alpha value is -0.880. The monoisotopic (exact) mass is 260 g/mol. The average Bonchev–Trinajstić information content (AvgIpc) is 2.14. The summed E-state index contributed by atoms with van der Waals surface area (Å²) in [4.78, 5) is 0. The lowest BCUT2D eigenvalue weighted by molar-refractivity contribution is -0.140. The summed E-state index contributed by atoms with van der Waals surface area (Å²) in [5.41, 5.74) is -2.35. The van der Waals surface area contributed by atoms with Gasteiger partial charge in [-0.25, -0.2) is 8.78 Å². The normalized spacial score (nSPS) is 14.2. The predicted octanol–water partition coefficient (Wildman–Crippen LogP) is 3.66. The summed E-state index contributed by atoms with van der Waals surface area (Å²) in [7, 11) is 0. The highest BCUT2D eigenvalue weighted by atomic mass is 35.5. The number of rotatable bonds is 2. The Morgan fingerprint density at radius 3 is 2.19 bits per heavy atom. The number of benzene rings is 1. The van der Waals surface area contributed by atoms with Crippen LogP contribution in [0.2, 0.25) is 5.02 Å². The summed E-state index contributed by atoms with van der Waals surface area (Å²) in [6.45, 7) is 0. The third kappa shape index (κ3) is 2.62. The molecule has 1 unspecified atom stereocenters. The first-order valence-corrected chi connectivity index (χ1v) is 4.44. The van der Waals surface area contributed by atoms with E-state index in [1.807, 2.05) is 0 Å². The lowest BCUT2D eigenvalue weighted by Crippen LogP contribution is -2.16. The molecular weight excluding hydrogens is 255 g/mol. The van der Waals surface area contributed by atoms with Crippen LogP contribution in [0.5, 0.6) is 0 Å². The lowest BCUT2D eigenvalue weighted by atomic mass is 10.0. The van der Waals surface area contributed by atoms with E-state index in [-0.39, 0.29) is 0 Å². The summed E-state index contributed by atoms with van der Waals surface area (Å²) in [6, 6.07) is 2.58. The minimum absolute atomic E-state index is 0.539. The van der Waals surface area contributed by atoms with Gasteiger partial charge in [0.1, 0.15) is 6.10 Å². The first kappa shape index (κ1) is 13.2. The molecule has 0 aliphatic rings. The Balaban J connectivity index is 3.35. The van der Waals surface area contributed by atoms with Gasteiger partial charge in [0, 0.05) is 10.6 Å². The van der Waals surface area contributed by atoms with Crippen LogP contribution in [0.4, 0.5) is 22.0 Å². The molecule has 90 valence electrons. The van der Waals surface area contributed by atoms with Gasteiger partial charge in [0.05, 0.1) is 5.56 Å². The molecule has 0 spiro atoms. The van der Waals surface area contributed by atoms with Gasteiger partial charge < -0.3 is 5.11 Å². The van der Waals surface area contributed by atoms with E-state index in [2.05, 4.69) is 0 Å². The van der Waals surface area contributed by atoms with Crippen molar-refractivity contribution in [1.82, 2.24) is 0 Å². The molecule has 1 nitrogen and oxygen atoms in total. The molecule has 1 atom stereocenters. The minimum atomic E-state index is -4.84. The van der Waals surface area contributed by atoms with Gasteiger partial charge in [0.25, 0.3) is 6.43 Å². The molecule has 1 rings (SSSR count). The van der Waals surface area contributed by atoms with Gasteiger partial charge in [0.2, 0.25) is 0 Å². The Kier molecular flexibility index (Phi) is 3.75. The topological polar surface area (TPSA) is 20.2 Å². The van der Waals surface area contributed by atoms with E-state index in [4.69, 9.17) is 16.7 Å². The van der Waals surface area contributed by atoms with Crippen molar-refractivity contribution in [2.45, 2.75) is 18.7 Å². The van der Waals surface area contributed by atoms with E-state index < -0.39 is 34.9 Å². The highest BCUT2D eigenvalue weighted by Gasteiger charge is 2.38. The van der Waals surface area contributed by atoms with Gasteiger partial charge in [0.15, 0.2) is 0 Å². The summed E-state index contributed by atoms with van der Waals surface area (Å²) < 4.78 is 61.7. The Labute approximate surface area is 92.5 Å². The van der Waals surface area contributed by atoms with E-state index >= 15 is 0 Å². The Bertz CT molecular complexity index is 377. The summed E-state index contributed by atoms with van der Waals surface area (Å²) in [5.74, 6) is 0. The molecule has 1 aromatic carbocycles. The van der Waals surface area contributed by atoms with E-state index in [9.17, 15) is 22.0 Å². The van der Waals surface area contributed by atoms with E-state index in [0.29, 0.717) is 6.07 Å². The van der Waals surface area contributed by atoms with Crippen molar-refractivity contribution in [1.29, 1.82) is 0 Å². The number of aliphatic hydroxyl groups excluding tert-OH is 1. The van der Waals surface area contributed by atoms with Crippen LogP contribution in [0.25, 0.3) is 0 Å².